The van der Waals surface area contributed by atoms with Crippen LogP contribution >= 0.6 is 11.8 Å². The molecule has 2 N–H and O–H groups in total. The van der Waals surface area contributed by atoms with Crippen molar-refractivity contribution < 1.29 is 0 Å². The monoisotopic (exact) mass is 199 g/mol. The standard InChI is InChI=1S/C11H21NS/c1-3-4-5-7-10(12)11(2)8-6-9-13-11/h3,10H,1,4-9,12H2,2H3. The van der Waals surface area contributed by atoms with E-state index in [-0.39, 0.29) is 0 Å². The minimum Gasteiger partial charge on any atom is -0.326 e. The molecule has 13 heavy (non-hydrogen) atoms. The zero-order valence-electron chi connectivity index (χ0n) is 8.59. The maximum Gasteiger partial charge on any atom is 0.0283 e. The number of allylic oxidation sites excluding steroid dienone is 1. The number of rotatable bonds is 5. The summed E-state index contributed by atoms with van der Waals surface area (Å²) < 4.78 is 0.362. The molecule has 1 aliphatic rings. The van der Waals surface area contributed by atoms with Crippen molar-refractivity contribution in [1.82, 2.24) is 0 Å². The molecule has 0 bridgehead atoms. The van der Waals surface area contributed by atoms with Crippen molar-refractivity contribution in [2.45, 2.75) is 49.8 Å². The van der Waals surface area contributed by atoms with Crippen molar-refractivity contribution in [1.29, 1.82) is 0 Å². The second-order valence-corrected chi connectivity index (χ2v) is 5.72. The van der Waals surface area contributed by atoms with Crippen molar-refractivity contribution in [2.75, 3.05) is 5.75 Å². The second-order valence-electron chi connectivity index (χ2n) is 4.09. The Morgan fingerprint density at radius 2 is 2.46 bits per heavy atom. The van der Waals surface area contributed by atoms with Crippen molar-refractivity contribution >= 4 is 11.8 Å². The predicted molar refractivity (Wildman–Crippen MR) is 62.1 cm³/mol. The van der Waals surface area contributed by atoms with Crippen molar-refractivity contribution in [3.63, 3.8) is 0 Å². The van der Waals surface area contributed by atoms with Crippen LogP contribution in [0, 0.1) is 0 Å². The Balaban J connectivity index is 2.28. The van der Waals surface area contributed by atoms with E-state index in [9.17, 15) is 0 Å². The largest absolute Gasteiger partial charge is 0.326 e. The molecule has 1 rings (SSSR count). The molecule has 0 radical (unpaired) electrons. The molecule has 1 aliphatic heterocycles. The van der Waals surface area contributed by atoms with Crippen molar-refractivity contribution in [3.05, 3.63) is 12.7 Å². The zero-order chi connectivity index (χ0) is 9.73. The SMILES string of the molecule is C=CCCCC(N)C1(C)CCCS1. The highest BCUT2D eigenvalue weighted by Gasteiger charge is 2.34. The van der Waals surface area contributed by atoms with Crippen LogP contribution in [-0.4, -0.2) is 16.5 Å². The Morgan fingerprint density at radius 3 is 3.00 bits per heavy atom. The first kappa shape index (κ1) is 11.1. The first-order valence-electron chi connectivity index (χ1n) is 5.19. The molecule has 0 amide bonds. The van der Waals surface area contributed by atoms with Gasteiger partial charge in [-0.15, -0.1) is 6.58 Å². The lowest BCUT2D eigenvalue weighted by Gasteiger charge is -2.30. The Morgan fingerprint density at radius 1 is 1.69 bits per heavy atom. The van der Waals surface area contributed by atoms with E-state index < -0.39 is 0 Å². The minimum atomic E-state index is 0.362. The summed E-state index contributed by atoms with van der Waals surface area (Å²) in [6, 6.07) is 0.375. The summed E-state index contributed by atoms with van der Waals surface area (Å²) in [5, 5.41) is 0. The lowest BCUT2D eigenvalue weighted by Crippen LogP contribution is -2.40. The van der Waals surface area contributed by atoms with Gasteiger partial charge in [0.15, 0.2) is 0 Å². The van der Waals surface area contributed by atoms with Crippen LogP contribution in [0.3, 0.4) is 0 Å². The van der Waals surface area contributed by atoms with E-state index in [0.29, 0.717) is 10.8 Å². The summed E-state index contributed by atoms with van der Waals surface area (Å²) >= 11 is 2.06. The van der Waals surface area contributed by atoms with Crippen LogP contribution in [0.1, 0.15) is 39.0 Å². The summed E-state index contributed by atoms with van der Waals surface area (Å²) in [7, 11) is 0. The normalized spacial score (nSPS) is 30.3. The molecule has 1 saturated heterocycles. The molecule has 0 aromatic rings. The van der Waals surface area contributed by atoms with Gasteiger partial charge in [-0.25, -0.2) is 0 Å². The van der Waals surface area contributed by atoms with Gasteiger partial charge in [-0.2, -0.15) is 11.8 Å². The Bertz CT molecular complexity index is 161. The van der Waals surface area contributed by atoms with E-state index >= 15 is 0 Å². The average molecular weight is 199 g/mol. The molecular formula is C11H21NS. The van der Waals surface area contributed by atoms with Gasteiger partial charge < -0.3 is 5.73 Å². The third kappa shape index (κ3) is 3.03. The highest BCUT2D eigenvalue weighted by molar-refractivity contribution is 8.00. The van der Waals surface area contributed by atoms with E-state index in [1.54, 1.807) is 0 Å². The van der Waals surface area contributed by atoms with Crippen LogP contribution in [0.4, 0.5) is 0 Å². The van der Waals surface area contributed by atoms with E-state index in [2.05, 4.69) is 25.3 Å². The van der Waals surface area contributed by atoms with Crippen molar-refractivity contribution in [2.24, 2.45) is 5.73 Å². The molecule has 0 saturated carbocycles. The van der Waals surface area contributed by atoms with Crippen LogP contribution in [0.2, 0.25) is 0 Å². The maximum atomic E-state index is 6.20. The fraction of sp³-hybridized carbons (Fsp3) is 0.818. The van der Waals surface area contributed by atoms with Gasteiger partial charge in [-0.1, -0.05) is 6.08 Å². The highest BCUT2D eigenvalue weighted by Crippen LogP contribution is 2.40. The van der Waals surface area contributed by atoms with E-state index in [1.807, 2.05) is 6.08 Å². The molecule has 0 aliphatic carbocycles. The van der Waals surface area contributed by atoms with Gasteiger partial charge >= 0.3 is 0 Å². The number of nitrogens with two attached hydrogens (primary N) is 1. The predicted octanol–water partition coefficient (Wildman–Crippen LogP) is 2.96. The smallest absolute Gasteiger partial charge is 0.0283 e. The number of unbranched alkanes of at least 4 members (excludes halogenated alkanes) is 1. The summed E-state index contributed by atoms with van der Waals surface area (Å²) in [5.74, 6) is 1.30. The molecule has 1 fully saturated rings. The molecule has 0 aromatic heterocycles. The van der Waals surface area contributed by atoms with Crippen LogP contribution in [0.25, 0.3) is 0 Å². The summed E-state index contributed by atoms with van der Waals surface area (Å²) in [4.78, 5) is 0. The van der Waals surface area contributed by atoms with Gasteiger partial charge in [0.05, 0.1) is 0 Å². The van der Waals surface area contributed by atoms with Gasteiger partial charge in [0.1, 0.15) is 0 Å². The first-order chi connectivity index (χ1) is 6.19. The molecule has 1 nitrogen and oxygen atoms in total. The van der Waals surface area contributed by atoms with Gasteiger partial charge in [-0.05, 0) is 44.8 Å². The van der Waals surface area contributed by atoms with Crippen LogP contribution in [0.15, 0.2) is 12.7 Å². The number of thioether (sulfide) groups is 1. The molecule has 2 unspecified atom stereocenters. The zero-order valence-corrected chi connectivity index (χ0v) is 9.41. The van der Waals surface area contributed by atoms with E-state index in [4.69, 9.17) is 5.73 Å². The average Bonchev–Trinajstić information content (AvgIpc) is 2.54. The molecule has 2 heteroatoms. The number of hydrogen-bond acceptors (Lipinski definition) is 2. The van der Waals surface area contributed by atoms with Gasteiger partial charge in [0.2, 0.25) is 0 Å². The summed E-state index contributed by atoms with van der Waals surface area (Å²) in [6.45, 7) is 6.05. The number of hydrogen-bond donors (Lipinski definition) is 1. The molecule has 1 heterocycles. The third-order valence-electron chi connectivity index (χ3n) is 2.96. The third-order valence-corrected chi connectivity index (χ3v) is 4.62. The quantitative estimate of drug-likeness (QED) is 0.544. The van der Waals surface area contributed by atoms with Crippen molar-refractivity contribution in [3.8, 4) is 0 Å². The summed E-state index contributed by atoms with van der Waals surface area (Å²) in [6.07, 6.45) is 8.07. The Labute approximate surface area is 86.2 Å². The van der Waals surface area contributed by atoms with E-state index in [0.717, 1.165) is 12.8 Å². The maximum absolute atomic E-state index is 6.20. The molecular weight excluding hydrogens is 178 g/mol. The van der Waals surface area contributed by atoms with Crippen LogP contribution in [0.5, 0.6) is 0 Å². The van der Waals surface area contributed by atoms with Crippen LogP contribution in [-0.2, 0) is 0 Å². The van der Waals surface area contributed by atoms with Gasteiger partial charge in [0, 0.05) is 10.8 Å². The fourth-order valence-corrected chi connectivity index (χ4v) is 3.26. The molecule has 0 aromatic carbocycles. The highest BCUT2D eigenvalue weighted by atomic mass is 32.2. The molecule has 0 spiro atoms. The lowest BCUT2D eigenvalue weighted by atomic mass is 9.93. The van der Waals surface area contributed by atoms with E-state index in [1.165, 1.54) is 25.0 Å². The minimum absolute atomic E-state index is 0.362. The second kappa shape index (κ2) is 5.06. The Kier molecular flexibility index (Phi) is 4.33. The summed E-state index contributed by atoms with van der Waals surface area (Å²) in [5.41, 5.74) is 6.20. The molecule has 2 atom stereocenters. The van der Waals surface area contributed by atoms with Gasteiger partial charge in [0.25, 0.3) is 0 Å². The van der Waals surface area contributed by atoms with Gasteiger partial charge in [-0.3, -0.25) is 0 Å². The first-order valence-corrected chi connectivity index (χ1v) is 6.18. The fourth-order valence-electron chi connectivity index (χ4n) is 1.88. The lowest BCUT2D eigenvalue weighted by molar-refractivity contribution is 0.450. The Hall–Kier alpha value is 0.0500. The topological polar surface area (TPSA) is 26.0 Å². The molecule has 76 valence electrons. The van der Waals surface area contributed by atoms with Crippen LogP contribution < -0.4 is 5.73 Å².